The molecule has 8 heteroatoms. The molecule has 0 fully saturated rings. The molecule has 0 aliphatic carbocycles. The van der Waals surface area contributed by atoms with Crippen LogP contribution in [0.4, 0.5) is 5.88 Å². The molecule has 0 aliphatic heterocycles. The van der Waals surface area contributed by atoms with Gasteiger partial charge in [-0.3, -0.25) is 13.9 Å². The molecule has 20 heavy (non-hydrogen) atoms. The summed E-state index contributed by atoms with van der Waals surface area (Å²) in [6.07, 6.45) is 1.08. The number of anilines is 1. The van der Waals surface area contributed by atoms with Crippen LogP contribution in [0.15, 0.2) is 14.1 Å². The molecule has 2 heterocycles. The third kappa shape index (κ3) is 2.36. The van der Waals surface area contributed by atoms with Crippen LogP contribution in [0.1, 0.15) is 19.8 Å². The van der Waals surface area contributed by atoms with Gasteiger partial charge < -0.3 is 14.6 Å². The summed E-state index contributed by atoms with van der Waals surface area (Å²) in [7, 11) is 2.92. The van der Waals surface area contributed by atoms with Gasteiger partial charge in [0.05, 0.1) is 0 Å². The van der Waals surface area contributed by atoms with Gasteiger partial charge in [-0.05, 0) is 13.3 Å². The molecule has 0 bridgehead atoms. The van der Waals surface area contributed by atoms with Crippen molar-refractivity contribution in [3.63, 3.8) is 0 Å². The van der Waals surface area contributed by atoms with Crippen molar-refractivity contribution in [3.05, 3.63) is 20.8 Å². The minimum absolute atomic E-state index is 0.104. The maximum Gasteiger partial charge on any atom is 0.332 e. The van der Waals surface area contributed by atoms with Gasteiger partial charge in [0.2, 0.25) is 5.88 Å². The second-order valence-electron chi connectivity index (χ2n) is 4.65. The molecule has 0 amide bonds. The summed E-state index contributed by atoms with van der Waals surface area (Å²) < 4.78 is 7.33. The second kappa shape index (κ2) is 5.32. The average Bonchev–Trinajstić information content (AvgIpc) is 2.82. The molecular weight excluding hydrogens is 264 g/mol. The van der Waals surface area contributed by atoms with Gasteiger partial charge in [-0.25, -0.2) is 4.79 Å². The fraction of sp³-hybridized carbons (Fsp3) is 0.500. The molecule has 108 valence electrons. The predicted molar refractivity (Wildman–Crippen MR) is 72.9 cm³/mol. The molecule has 8 nitrogen and oxygen atoms in total. The maximum absolute atomic E-state index is 12.1. The first-order valence-electron chi connectivity index (χ1n) is 6.22. The van der Waals surface area contributed by atoms with Crippen molar-refractivity contribution in [1.29, 1.82) is 0 Å². The Balaban J connectivity index is 2.35. The first-order valence-corrected chi connectivity index (χ1v) is 6.22. The number of fused-ring (bicyclic) bond motifs is 1. The zero-order valence-electron chi connectivity index (χ0n) is 11.6. The van der Waals surface area contributed by atoms with Gasteiger partial charge in [0, 0.05) is 27.1 Å². The van der Waals surface area contributed by atoms with E-state index in [0.717, 1.165) is 4.57 Å². The van der Waals surface area contributed by atoms with Gasteiger partial charge in [0.1, 0.15) is 11.2 Å². The normalized spacial score (nSPS) is 10.9. The van der Waals surface area contributed by atoms with Gasteiger partial charge in [-0.2, -0.15) is 0 Å². The topological polar surface area (TPSA) is 99.1 Å². The highest BCUT2D eigenvalue weighted by Gasteiger charge is 2.17. The van der Waals surface area contributed by atoms with E-state index in [0.29, 0.717) is 19.4 Å². The number of Topliss-reactive ketones (excluding diaryl/α,β-unsaturated/α-hetero) is 1. The number of aryl methyl sites for hydroxylation is 1. The lowest BCUT2D eigenvalue weighted by atomic mass is 10.2. The fourth-order valence-corrected chi connectivity index (χ4v) is 1.93. The van der Waals surface area contributed by atoms with Crippen LogP contribution in [-0.4, -0.2) is 26.6 Å². The van der Waals surface area contributed by atoms with E-state index in [4.69, 9.17) is 4.52 Å². The lowest BCUT2D eigenvalue weighted by Gasteiger charge is -2.03. The summed E-state index contributed by atoms with van der Waals surface area (Å²) in [4.78, 5) is 34.7. The predicted octanol–water partition coefficient (Wildman–Crippen LogP) is 0.00630. The molecule has 2 aromatic rings. The van der Waals surface area contributed by atoms with Crippen LogP contribution in [0, 0.1) is 0 Å². The molecule has 0 radical (unpaired) electrons. The Morgan fingerprint density at radius 3 is 2.65 bits per heavy atom. The van der Waals surface area contributed by atoms with E-state index in [1.807, 2.05) is 0 Å². The van der Waals surface area contributed by atoms with Crippen LogP contribution in [0.2, 0.25) is 0 Å². The number of carbonyl (C=O) groups excluding carboxylic acids is 1. The van der Waals surface area contributed by atoms with E-state index >= 15 is 0 Å². The average molecular weight is 280 g/mol. The van der Waals surface area contributed by atoms with E-state index in [9.17, 15) is 14.4 Å². The molecule has 0 aliphatic rings. The zero-order valence-corrected chi connectivity index (χ0v) is 11.6. The first kappa shape index (κ1) is 14.0. The van der Waals surface area contributed by atoms with E-state index in [2.05, 4.69) is 10.5 Å². The Kier molecular flexibility index (Phi) is 3.73. The monoisotopic (exact) mass is 280 g/mol. The molecule has 0 spiro atoms. The van der Waals surface area contributed by atoms with E-state index in [-0.39, 0.29) is 22.7 Å². The summed E-state index contributed by atoms with van der Waals surface area (Å²) in [5.74, 6) is 0.326. The Bertz CT molecular complexity index is 768. The van der Waals surface area contributed by atoms with E-state index < -0.39 is 11.2 Å². The summed E-state index contributed by atoms with van der Waals surface area (Å²) >= 11 is 0. The lowest BCUT2D eigenvalue weighted by molar-refractivity contribution is -0.117. The highest BCUT2D eigenvalue weighted by atomic mass is 16.5. The summed E-state index contributed by atoms with van der Waals surface area (Å²) in [6, 6.07) is 0. The molecule has 0 atom stereocenters. The quantitative estimate of drug-likeness (QED) is 0.774. The lowest BCUT2D eigenvalue weighted by Crippen LogP contribution is -2.36. The number of nitrogens with zero attached hydrogens (tertiary/aromatic N) is 3. The maximum atomic E-state index is 12.1. The van der Waals surface area contributed by atoms with Crippen LogP contribution in [0.5, 0.6) is 0 Å². The van der Waals surface area contributed by atoms with Crippen molar-refractivity contribution in [2.45, 2.75) is 19.8 Å². The van der Waals surface area contributed by atoms with Crippen molar-refractivity contribution in [2.24, 2.45) is 14.1 Å². The number of rotatable bonds is 5. The standard InChI is InChI=1S/C12H16N4O4/c1-7(17)5-4-6-13-10-8-9(14-20-10)15(2)12(19)16(3)11(8)18/h13H,4-6H2,1-3H3. The van der Waals surface area contributed by atoms with E-state index in [1.54, 1.807) is 0 Å². The second-order valence-corrected chi connectivity index (χ2v) is 4.65. The van der Waals surface area contributed by atoms with Crippen molar-refractivity contribution in [1.82, 2.24) is 14.3 Å². The number of hydrogen-bond acceptors (Lipinski definition) is 6. The Morgan fingerprint density at radius 2 is 2.00 bits per heavy atom. The highest BCUT2D eigenvalue weighted by Crippen LogP contribution is 2.17. The van der Waals surface area contributed by atoms with Crippen molar-refractivity contribution in [2.75, 3.05) is 11.9 Å². The summed E-state index contributed by atoms with van der Waals surface area (Å²) in [6.45, 7) is 2.01. The molecule has 0 aromatic carbocycles. The van der Waals surface area contributed by atoms with Gasteiger partial charge >= 0.3 is 5.69 Å². The smallest absolute Gasteiger partial charge is 0.332 e. The van der Waals surface area contributed by atoms with Crippen molar-refractivity contribution < 1.29 is 9.32 Å². The number of ketones is 1. The van der Waals surface area contributed by atoms with Gasteiger partial charge in [-0.1, -0.05) is 5.16 Å². The molecule has 2 aromatic heterocycles. The van der Waals surface area contributed by atoms with Crippen LogP contribution < -0.4 is 16.6 Å². The Morgan fingerprint density at radius 1 is 1.30 bits per heavy atom. The molecular formula is C12H16N4O4. The van der Waals surface area contributed by atoms with Crippen LogP contribution >= 0.6 is 0 Å². The Labute approximate surface area is 114 Å². The molecule has 1 N–H and O–H groups in total. The number of aromatic nitrogens is 3. The SMILES string of the molecule is CC(=O)CCCNc1onc2c1c(=O)n(C)c(=O)n2C. The van der Waals surface area contributed by atoms with E-state index in [1.165, 1.54) is 25.6 Å². The minimum Gasteiger partial charge on any atom is -0.353 e. The summed E-state index contributed by atoms with van der Waals surface area (Å²) in [5, 5.41) is 6.90. The third-order valence-corrected chi connectivity index (χ3v) is 3.08. The van der Waals surface area contributed by atoms with Crippen molar-refractivity contribution >= 4 is 22.7 Å². The summed E-state index contributed by atoms with van der Waals surface area (Å²) in [5.41, 5.74) is -0.718. The molecule has 0 saturated heterocycles. The van der Waals surface area contributed by atoms with Crippen LogP contribution in [0.3, 0.4) is 0 Å². The highest BCUT2D eigenvalue weighted by molar-refractivity contribution is 5.84. The van der Waals surface area contributed by atoms with Crippen LogP contribution in [-0.2, 0) is 18.9 Å². The number of hydrogen-bond donors (Lipinski definition) is 1. The van der Waals surface area contributed by atoms with Gasteiger partial charge in [-0.15, -0.1) is 0 Å². The molecule has 0 unspecified atom stereocenters. The van der Waals surface area contributed by atoms with Gasteiger partial charge in [0.15, 0.2) is 5.65 Å². The van der Waals surface area contributed by atoms with Gasteiger partial charge in [0.25, 0.3) is 5.56 Å². The largest absolute Gasteiger partial charge is 0.353 e. The number of carbonyl (C=O) groups is 1. The zero-order chi connectivity index (χ0) is 14.9. The minimum atomic E-state index is -0.460. The first-order chi connectivity index (χ1) is 9.43. The fourth-order valence-electron chi connectivity index (χ4n) is 1.93. The van der Waals surface area contributed by atoms with Crippen molar-refractivity contribution in [3.8, 4) is 0 Å². The van der Waals surface area contributed by atoms with Crippen LogP contribution in [0.25, 0.3) is 11.0 Å². The third-order valence-electron chi connectivity index (χ3n) is 3.08. The number of nitrogens with one attached hydrogen (secondary N) is 1. The molecule has 0 saturated carbocycles. The molecule has 2 rings (SSSR count). The Hall–Kier alpha value is -2.38.